The fourth-order valence-corrected chi connectivity index (χ4v) is 4.05. The van der Waals surface area contributed by atoms with Crippen molar-refractivity contribution in [1.29, 1.82) is 0 Å². The van der Waals surface area contributed by atoms with Crippen LogP contribution in [0, 0.1) is 5.82 Å². The first-order chi connectivity index (χ1) is 16.1. The van der Waals surface area contributed by atoms with Crippen LogP contribution in [-0.4, -0.2) is 11.0 Å². The van der Waals surface area contributed by atoms with Gasteiger partial charge in [0.25, 0.3) is 0 Å². The summed E-state index contributed by atoms with van der Waals surface area (Å²) in [6.07, 6.45) is -3.20. The summed E-state index contributed by atoms with van der Waals surface area (Å²) in [5.74, 6) is -1.73. The molecular weight excluding hydrogens is 497 g/mol. The Labute approximate surface area is 225 Å². The standard InChI is InChI=1S/C25H18ClF4NO3.Na/c26-16-6-9-23(34-13-14-4-7-17(27)8-5-14)20(12-16)18-2-1-3-19(18)21-10-15(25(28,29)30)11-22(31-21)24(32)33;/h4-12H,1-3,13H2,(H,32,33);/q;+1/p-1. The predicted molar refractivity (Wildman–Crippen MR) is 116 cm³/mol. The third-order valence-electron chi connectivity index (χ3n) is 5.46. The number of aromatic nitrogens is 1. The van der Waals surface area contributed by atoms with Gasteiger partial charge < -0.3 is 14.6 Å². The zero-order valence-corrected chi connectivity index (χ0v) is 21.3. The number of allylic oxidation sites excluding steroid dienone is 2. The molecule has 1 aromatic heterocycles. The number of carbonyl (C=O) groups excluding carboxylic acids is 1. The molecule has 1 aliphatic rings. The number of halogens is 5. The Bertz CT molecular complexity index is 1280. The molecule has 0 saturated heterocycles. The molecule has 0 amide bonds. The Morgan fingerprint density at radius 1 is 1.03 bits per heavy atom. The fraction of sp³-hybridized carbons (Fsp3) is 0.200. The molecule has 0 fully saturated rings. The Hall–Kier alpha value is -2.39. The van der Waals surface area contributed by atoms with Crippen LogP contribution in [0.15, 0.2) is 54.6 Å². The van der Waals surface area contributed by atoms with Crippen molar-refractivity contribution in [3.8, 4) is 5.75 Å². The minimum atomic E-state index is -4.75. The van der Waals surface area contributed by atoms with Gasteiger partial charge in [-0.25, -0.2) is 9.37 Å². The summed E-state index contributed by atoms with van der Waals surface area (Å²) in [7, 11) is 0. The van der Waals surface area contributed by atoms with E-state index in [-0.39, 0.29) is 47.7 Å². The largest absolute Gasteiger partial charge is 1.00 e. The number of benzene rings is 2. The molecule has 0 bridgehead atoms. The van der Waals surface area contributed by atoms with Crippen molar-refractivity contribution >= 4 is 28.7 Å². The number of carbonyl (C=O) groups is 1. The molecule has 0 unspecified atom stereocenters. The van der Waals surface area contributed by atoms with Crippen molar-refractivity contribution in [2.45, 2.75) is 32.0 Å². The zero-order chi connectivity index (χ0) is 24.5. The predicted octanol–water partition coefficient (Wildman–Crippen LogP) is 2.93. The van der Waals surface area contributed by atoms with Crippen LogP contribution < -0.4 is 39.4 Å². The van der Waals surface area contributed by atoms with Gasteiger partial charge in [-0.2, -0.15) is 13.2 Å². The molecule has 0 aliphatic heterocycles. The summed E-state index contributed by atoms with van der Waals surface area (Å²) in [6.45, 7) is 0.133. The van der Waals surface area contributed by atoms with E-state index >= 15 is 0 Å². The molecule has 4 nitrogen and oxygen atoms in total. The molecule has 35 heavy (non-hydrogen) atoms. The first-order valence-electron chi connectivity index (χ1n) is 10.3. The number of carboxylic acids is 1. The van der Waals surface area contributed by atoms with Gasteiger partial charge in [-0.3, -0.25) is 0 Å². The molecule has 1 heterocycles. The van der Waals surface area contributed by atoms with Crippen LogP contribution in [0.3, 0.4) is 0 Å². The van der Waals surface area contributed by atoms with Gasteiger partial charge in [0.1, 0.15) is 18.2 Å². The van der Waals surface area contributed by atoms with Gasteiger partial charge in [0, 0.05) is 10.6 Å². The summed E-state index contributed by atoms with van der Waals surface area (Å²) in [5, 5.41) is 11.7. The number of rotatable bonds is 6. The first kappa shape index (κ1) is 27.2. The first-order valence-corrected chi connectivity index (χ1v) is 10.7. The van der Waals surface area contributed by atoms with Crippen molar-refractivity contribution in [3.05, 3.63) is 93.5 Å². The summed E-state index contributed by atoms with van der Waals surface area (Å²) in [5.41, 5.74) is 0.482. The van der Waals surface area contributed by atoms with E-state index in [9.17, 15) is 27.5 Å². The second-order valence-electron chi connectivity index (χ2n) is 7.78. The van der Waals surface area contributed by atoms with E-state index in [1.807, 2.05) is 0 Å². The fourth-order valence-electron chi connectivity index (χ4n) is 3.88. The number of hydrogen-bond donors (Lipinski definition) is 0. The summed E-state index contributed by atoms with van der Waals surface area (Å²) in [6, 6.07) is 12.0. The molecule has 10 heteroatoms. The van der Waals surface area contributed by atoms with E-state index < -0.39 is 23.4 Å². The summed E-state index contributed by atoms with van der Waals surface area (Å²) >= 11 is 6.21. The number of aromatic carboxylic acids is 1. The number of nitrogens with zero attached hydrogens (tertiary/aromatic N) is 1. The summed E-state index contributed by atoms with van der Waals surface area (Å²) < 4.78 is 59.3. The van der Waals surface area contributed by atoms with E-state index in [0.717, 1.165) is 11.6 Å². The van der Waals surface area contributed by atoms with Crippen molar-refractivity contribution in [3.63, 3.8) is 0 Å². The van der Waals surface area contributed by atoms with Crippen LogP contribution in [0.1, 0.15) is 52.1 Å². The second kappa shape index (κ2) is 11.1. The third-order valence-corrected chi connectivity index (χ3v) is 5.70. The Morgan fingerprint density at radius 3 is 2.37 bits per heavy atom. The zero-order valence-electron chi connectivity index (χ0n) is 18.6. The smallest absolute Gasteiger partial charge is 0.543 e. The van der Waals surface area contributed by atoms with Crippen LogP contribution >= 0.6 is 11.6 Å². The molecule has 0 radical (unpaired) electrons. The van der Waals surface area contributed by atoms with E-state index in [1.54, 1.807) is 30.3 Å². The maximum absolute atomic E-state index is 13.4. The van der Waals surface area contributed by atoms with Crippen molar-refractivity contribution < 1.29 is 61.8 Å². The quantitative estimate of drug-likeness (QED) is 0.376. The van der Waals surface area contributed by atoms with Gasteiger partial charge in [0.15, 0.2) is 0 Å². The monoisotopic (exact) mass is 513 g/mol. The van der Waals surface area contributed by atoms with Gasteiger partial charge >= 0.3 is 35.7 Å². The molecule has 4 rings (SSSR count). The van der Waals surface area contributed by atoms with Gasteiger partial charge in [-0.1, -0.05) is 23.7 Å². The SMILES string of the molecule is O=C([O-])c1cc(C(F)(F)F)cc(C2=C(c3cc(Cl)ccc3OCc3ccc(F)cc3)CCC2)n1.[Na+]. The summed E-state index contributed by atoms with van der Waals surface area (Å²) in [4.78, 5) is 15.2. The van der Waals surface area contributed by atoms with Gasteiger partial charge in [-0.15, -0.1) is 0 Å². The molecular formula is C25H17ClF4NNaO3. The maximum atomic E-state index is 13.4. The molecule has 3 aromatic rings. The van der Waals surface area contributed by atoms with Crippen LogP contribution in [0.2, 0.25) is 5.02 Å². The molecule has 0 spiro atoms. The van der Waals surface area contributed by atoms with Crippen molar-refractivity contribution in [2.75, 3.05) is 0 Å². The number of alkyl halides is 3. The Morgan fingerprint density at radius 2 is 1.71 bits per heavy atom. The van der Waals surface area contributed by atoms with Gasteiger partial charge in [0.05, 0.1) is 22.9 Å². The number of carboxylic acid groups (broad SMARTS) is 1. The van der Waals surface area contributed by atoms with E-state index in [4.69, 9.17) is 16.3 Å². The Kier molecular flexibility index (Phi) is 8.64. The second-order valence-corrected chi connectivity index (χ2v) is 8.21. The molecule has 1 aliphatic carbocycles. The normalized spacial score (nSPS) is 13.5. The van der Waals surface area contributed by atoms with E-state index in [1.165, 1.54) is 12.1 Å². The molecule has 176 valence electrons. The average Bonchev–Trinajstić information content (AvgIpc) is 3.28. The molecule has 2 aromatic carbocycles. The van der Waals surface area contributed by atoms with E-state index in [2.05, 4.69) is 4.98 Å². The molecule has 0 N–H and O–H groups in total. The molecule has 0 atom stereocenters. The number of hydrogen-bond acceptors (Lipinski definition) is 4. The molecule has 0 saturated carbocycles. The maximum Gasteiger partial charge on any atom is 1.00 e. The minimum Gasteiger partial charge on any atom is -0.543 e. The van der Waals surface area contributed by atoms with Crippen LogP contribution in [0.4, 0.5) is 17.6 Å². The average molecular weight is 514 g/mol. The topological polar surface area (TPSA) is 62.2 Å². The van der Waals surface area contributed by atoms with Crippen molar-refractivity contribution in [2.24, 2.45) is 0 Å². The van der Waals surface area contributed by atoms with E-state index in [0.29, 0.717) is 52.8 Å². The van der Waals surface area contributed by atoms with Crippen LogP contribution in [0.25, 0.3) is 11.1 Å². The Balaban J connectivity index is 0.00000342. The number of pyridine rings is 1. The van der Waals surface area contributed by atoms with Crippen LogP contribution in [0.5, 0.6) is 5.75 Å². The minimum absolute atomic E-state index is 0. The third kappa shape index (κ3) is 6.44. The van der Waals surface area contributed by atoms with Crippen LogP contribution in [-0.2, 0) is 12.8 Å². The van der Waals surface area contributed by atoms with Gasteiger partial charge in [-0.05, 0) is 78.4 Å². The van der Waals surface area contributed by atoms with Crippen molar-refractivity contribution in [1.82, 2.24) is 4.98 Å². The van der Waals surface area contributed by atoms with Gasteiger partial charge in [0.2, 0.25) is 0 Å². The number of ether oxygens (including phenoxy) is 1.